The van der Waals surface area contributed by atoms with Crippen LogP contribution >= 0.6 is 0 Å². The number of nitrogens with zero attached hydrogens (tertiary/aromatic N) is 3. The summed E-state index contributed by atoms with van der Waals surface area (Å²) in [5, 5.41) is 9.99. The smallest absolute Gasteiger partial charge is 0.333 e. The van der Waals surface area contributed by atoms with Crippen molar-refractivity contribution < 1.29 is 14.6 Å². The number of rotatable bonds is 6. The lowest BCUT2D eigenvalue weighted by Crippen LogP contribution is -2.41. The van der Waals surface area contributed by atoms with Gasteiger partial charge in [-0.1, -0.05) is 6.58 Å². The van der Waals surface area contributed by atoms with Gasteiger partial charge in [0, 0.05) is 32.9 Å². The van der Waals surface area contributed by atoms with Crippen LogP contribution in [-0.2, 0) is 23.1 Å². The SMILES string of the molecule is C=C(C)C(=O)OCCn1c(=O)c(C=C=CN(C)C)c(O)n(C)c1=O. The number of esters is 1. The fourth-order valence-corrected chi connectivity index (χ4v) is 1.73. The van der Waals surface area contributed by atoms with Crippen LogP contribution in [0.2, 0.25) is 0 Å². The summed E-state index contributed by atoms with van der Waals surface area (Å²) in [5.41, 5.74) is 1.47. The molecule has 0 atom stereocenters. The fraction of sp³-hybridized carbons (Fsp3) is 0.375. The van der Waals surface area contributed by atoms with Gasteiger partial charge in [0.25, 0.3) is 5.56 Å². The third-order valence-corrected chi connectivity index (χ3v) is 3.01. The van der Waals surface area contributed by atoms with Crippen LogP contribution in [-0.4, -0.2) is 45.8 Å². The molecule has 0 radical (unpaired) electrons. The third kappa shape index (κ3) is 4.50. The number of ether oxygens (including phenoxy) is 1. The Kier molecular flexibility index (Phi) is 6.38. The minimum atomic E-state index is -0.711. The molecule has 1 heterocycles. The Morgan fingerprint density at radius 1 is 1.42 bits per heavy atom. The second-order valence-electron chi connectivity index (χ2n) is 5.36. The van der Waals surface area contributed by atoms with E-state index in [0.29, 0.717) is 0 Å². The molecule has 0 unspecified atom stereocenters. The van der Waals surface area contributed by atoms with E-state index in [1.54, 1.807) is 25.2 Å². The Balaban J connectivity index is 3.22. The zero-order valence-corrected chi connectivity index (χ0v) is 14.2. The number of carbonyl (C=O) groups is 1. The first kappa shape index (κ1) is 19.1. The summed E-state index contributed by atoms with van der Waals surface area (Å²) in [6.45, 7) is 4.63. The molecule has 24 heavy (non-hydrogen) atoms. The summed E-state index contributed by atoms with van der Waals surface area (Å²) in [5.74, 6) is -1.06. The molecule has 1 rings (SSSR count). The van der Waals surface area contributed by atoms with Crippen LogP contribution in [0.3, 0.4) is 0 Å². The van der Waals surface area contributed by atoms with Gasteiger partial charge < -0.3 is 14.7 Å². The number of hydrogen-bond donors (Lipinski definition) is 1. The van der Waals surface area contributed by atoms with Crippen LogP contribution < -0.4 is 11.2 Å². The highest BCUT2D eigenvalue weighted by Crippen LogP contribution is 2.10. The van der Waals surface area contributed by atoms with Crippen LogP contribution in [0, 0.1) is 0 Å². The van der Waals surface area contributed by atoms with E-state index in [4.69, 9.17) is 4.74 Å². The van der Waals surface area contributed by atoms with Gasteiger partial charge in [-0.25, -0.2) is 9.59 Å². The number of carbonyl (C=O) groups excluding carboxylic acids is 1. The van der Waals surface area contributed by atoms with Crippen molar-refractivity contribution in [1.29, 1.82) is 0 Å². The van der Waals surface area contributed by atoms with Gasteiger partial charge in [-0.15, -0.1) is 5.73 Å². The topological polar surface area (TPSA) is 93.8 Å². The molecule has 0 aliphatic rings. The predicted octanol–water partition coefficient (Wildman–Crippen LogP) is 0.0593. The normalized spacial score (nSPS) is 9.83. The van der Waals surface area contributed by atoms with Crippen LogP contribution in [0.4, 0.5) is 0 Å². The Bertz CT molecular complexity index is 823. The Labute approximate surface area is 139 Å². The third-order valence-electron chi connectivity index (χ3n) is 3.01. The molecule has 0 fully saturated rings. The van der Waals surface area contributed by atoms with E-state index in [9.17, 15) is 19.5 Å². The summed E-state index contributed by atoms with van der Waals surface area (Å²) in [7, 11) is 4.88. The Morgan fingerprint density at radius 3 is 2.58 bits per heavy atom. The van der Waals surface area contributed by atoms with Gasteiger partial charge in [0.2, 0.25) is 5.88 Å². The monoisotopic (exact) mass is 335 g/mol. The zero-order chi connectivity index (χ0) is 18.4. The molecule has 0 saturated heterocycles. The van der Waals surface area contributed by atoms with E-state index in [1.807, 2.05) is 0 Å². The number of hydrogen-bond acceptors (Lipinski definition) is 6. The highest BCUT2D eigenvalue weighted by atomic mass is 16.5. The van der Waals surface area contributed by atoms with E-state index in [2.05, 4.69) is 12.3 Å². The second kappa shape index (κ2) is 8.03. The number of aromatic nitrogens is 2. The first-order valence-corrected chi connectivity index (χ1v) is 7.11. The average Bonchev–Trinajstić information content (AvgIpc) is 2.51. The maximum absolute atomic E-state index is 12.4. The molecule has 130 valence electrons. The summed E-state index contributed by atoms with van der Waals surface area (Å²) < 4.78 is 6.71. The van der Waals surface area contributed by atoms with Gasteiger partial charge in [0.1, 0.15) is 12.2 Å². The van der Waals surface area contributed by atoms with E-state index in [0.717, 1.165) is 9.13 Å². The molecule has 0 aliphatic carbocycles. The van der Waals surface area contributed by atoms with Gasteiger partial charge in [-0.05, 0) is 13.0 Å². The standard InChI is InChI=1S/C16H21N3O5/c1-11(2)15(22)24-10-9-19-14(21)12(7-6-8-17(3)4)13(20)18(5)16(19)23/h7-8,20H,1,9-10H2,2-5H3. The van der Waals surface area contributed by atoms with Crippen LogP contribution in [0.5, 0.6) is 5.88 Å². The minimum Gasteiger partial charge on any atom is -0.494 e. The molecule has 8 nitrogen and oxygen atoms in total. The number of aromatic hydroxyl groups is 1. The summed E-state index contributed by atoms with van der Waals surface area (Å²) in [4.78, 5) is 37.5. The lowest BCUT2D eigenvalue weighted by atomic mass is 10.3. The molecule has 0 aromatic carbocycles. The lowest BCUT2D eigenvalue weighted by molar-refractivity contribution is -0.139. The molecule has 0 saturated carbocycles. The maximum Gasteiger partial charge on any atom is 0.333 e. The van der Waals surface area contributed by atoms with Crippen molar-refractivity contribution in [2.45, 2.75) is 13.5 Å². The van der Waals surface area contributed by atoms with Crippen molar-refractivity contribution in [2.75, 3.05) is 20.7 Å². The molecule has 1 aromatic heterocycles. The molecule has 8 heteroatoms. The Morgan fingerprint density at radius 2 is 2.04 bits per heavy atom. The molecule has 1 N–H and O–H groups in total. The predicted molar refractivity (Wildman–Crippen MR) is 89.6 cm³/mol. The minimum absolute atomic E-state index is 0.0820. The van der Waals surface area contributed by atoms with Crippen LogP contribution in [0.15, 0.2) is 33.7 Å². The van der Waals surface area contributed by atoms with E-state index in [1.165, 1.54) is 20.0 Å². The van der Waals surface area contributed by atoms with Crippen molar-refractivity contribution in [3.63, 3.8) is 0 Å². The van der Waals surface area contributed by atoms with Gasteiger partial charge >= 0.3 is 11.7 Å². The molecular weight excluding hydrogens is 314 g/mol. The molecule has 0 bridgehead atoms. The first-order chi connectivity index (χ1) is 11.2. The fourth-order valence-electron chi connectivity index (χ4n) is 1.73. The average molecular weight is 335 g/mol. The van der Waals surface area contributed by atoms with Gasteiger partial charge in [0.15, 0.2) is 0 Å². The van der Waals surface area contributed by atoms with Gasteiger partial charge in [-0.3, -0.25) is 13.9 Å². The van der Waals surface area contributed by atoms with Crippen molar-refractivity contribution in [2.24, 2.45) is 7.05 Å². The summed E-state index contributed by atoms with van der Waals surface area (Å²) in [6, 6.07) is 0. The van der Waals surface area contributed by atoms with Gasteiger partial charge in [-0.2, -0.15) is 0 Å². The molecule has 1 aromatic rings. The zero-order valence-electron chi connectivity index (χ0n) is 14.2. The lowest BCUT2D eigenvalue weighted by Gasteiger charge is -2.11. The molecule has 0 spiro atoms. The Hall–Kier alpha value is -2.99. The second-order valence-corrected chi connectivity index (χ2v) is 5.36. The van der Waals surface area contributed by atoms with E-state index < -0.39 is 23.1 Å². The molecule has 0 amide bonds. The van der Waals surface area contributed by atoms with Crippen molar-refractivity contribution in [1.82, 2.24) is 14.0 Å². The maximum atomic E-state index is 12.4. The summed E-state index contributed by atoms with van der Waals surface area (Å²) >= 11 is 0. The van der Waals surface area contributed by atoms with Crippen LogP contribution in [0.25, 0.3) is 6.08 Å². The van der Waals surface area contributed by atoms with E-state index >= 15 is 0 Å². The quantitative estimate of drug-likeness (QED) is 0.449. The van der Waals surface area contributed by atoms with Gasteiger partial charge in [0.05, 0.1) is 6.54 Å². The molecule has 0 aliphatic heterocycles. The highest BCUT2D eigenvalue weighted by Gasteiger charge is 2.15. The van der Waals surface area contributed by atoms with Crippen molar-refractivity contribution >= 4 is 12.0 Å². The first-order valence-electron chi connectivity index (χ1n) is 7.11. The van der Waals surface area contributed by atoms with E-state index in [-0.39, 0.29) is 24.3 Å². The summed E-state index contributed by atoms with van der Waals surface area (Å²) in [6.07, 6.45) is 2.84. The van der Waals surface area contributed by atoms with Crippen molar-refractivity contribution in [3.8, 4) is 5.88 Å². The van der Waals surface area contributed by atoms with Crippen LogP contribution in [0.1, 0.15) is 12.5 Å². The highest BCUT2D eigenvalue weighted by molar-refractivity contribution is 5.86. The molecular formula is C16H21N3O5. The largest absolute Gasteiger partial charge is 0.494 e. The van der Waals surface area contributed by atoms with Crippen molar-refractivity contribution in [3.05, 3.63) is 50.5 Å².